The molecule has 2 aromatic heterocycles. The van der Waals surface area contributed by atoms with Gasteiger partial charge in [0, 0.05) is 24.0 Å². The first-order valence-electron chi connectivity index (χ1n) is 7.69. The molecular weight excluding hydrogens is 322 g/mol. The molecule has 0 aliphatic heterocycles. The van der Waals surface area contributed by atoms with Gasteiger partial charge in [-0.3, -0.25) is 0 Å². The van der Waals surface area contributed by atoms with Crippen LogP contribution in [0.3, 0.4) is 0 Å². The smallest absolute Gasteiger partial charge is 0.229 e. The average molecular weight is 338 g/mol. The predicted molar refractivity (Wildman–Crippen MR) is 96.6 cm³/mol. The topological polar surface area (TPSA) is 46.3 Å². The number of aromatic nitrogens is 4. The number of rotatable bonds is 3. The Morgan fingerprint density at radius 2 is 1.79 bits per heavy atom. The molecule has 0 saturated carbocycles. The van der Waals surface area contributed by atoms with Gasteiger partial charge < -0.3 is 4.90 Å². The quantitative estimate of drug-likeness (QED) is 0.569. The zero-order valence-electron chi connectivity index (χ0n) is 13.4. The second kappa shape index (κ2) is 5.76. The Kier molecular flexibility index (Phi) is 3.58. The van der Waals surface area contributed by atoms with Crippen LogP contribution in [0.5, 0.6) is 0 Å². The summed E-state index contributed by atoms with van der Waals surface area (Å²) >= 11 is 5.96. The molecule has 4 rings (SSSR count). The zero-order valence-corrected chi connectivity index (χ0v) is 14.2. The molecule has 2 heterocycles. The third-order valence-corrected chi connectivity index (χ3v) is 4.19. The van der Waals surface area contributed by atoms with Crippen molar-refractivity contribution in [3.05, 3.63) is 64.9 Å². The molecule has 0 aliphatic rings. The summed E-state index contributed by atoms with van der Waals surface area (Å²) in [6.07, 6.45) is 0. The lowest BCUT2D eigenvalue weighted by Gasteiger charge is -2.19. The largest absolute Gasteiger partial charge is 0.339 e. The molecule has 6 heteroatoms. The lowest BCUT2D eigenvalue weighted by atomic mass is 10.2. The summed E-state index contributed by atoms with van der Waals surface area (Å²) in [5.74, 6) is 1.49. The van der Waals surface area contributed by atoms with E-state index in [-0.39, 0.29) is 0 Å². The van der Waals surface area contributed by atoms with E-state index in [1.807, 2.05) is 67.0 Å². The zero-order chi connectivity index (χ0) is 16.7. The number of benzene rings is 2. The summed E-state index contributed by atoms with van der Waals surface area (Å²) in [4.78, 5) is 11.4. The number of fused-ring (bicyclic) bond motifs is 3. The molecule has 2 aromatic carbocycles. The Morgan fingerprint density at radius 3 is 2.58 bits per heavy atom. The van der Waals surface area contributed by atoms with Crippen molar-refractivity contribution in [2.75, 3.05) is 11.9 Å². The van der Waals surface area contributed by atoms with E-state index in [4.69, 9.17) is 16.6 Å². The monoisotopic (exact) mass is 337 g/mol. The van der Waals surface area contributed by atoms with Gasteiger partial charge in [0.25, 0.3) is 0 Å². The number of nitrogens with zero attached hydrogens (tertiary/aromatic N) is 5. The van der Waals surface area contributed by atoms with Gasteiger partial charge in [-0.15, -0.1) is 5.10 Å². The Balaban J connectivity index is 1.83. The van der Waals surface area contributed by atoms with Crippen molar-refractivity contribution < 1.29 is 0 Å². The van der Waals surface area contributed by atoms with Gasteiger partial charge in [0.15, 0.2) is 5.65 Å². The summed E-state index contributed by atoms with van der Waals surface area (Å²) in [7, 11) is 2.00. The molecule has 0 amide bonds. The van der Waals surface area contributed by atoms with E-state index >= 15 is 0 Å². The lowest BCUT2D eigenvalue weighted by Crippen LogP contribution is -2.21. The number of halogens is 1. The fourth-order valence-electron chi connectivity index (χ4n) is 2.83. The van der Waals surface area contributed by atoms with Gasteiger partial charge in [-0.25, -0.2) is 9.97 Å². The second-order valence-corrected chi connectivity index (χ2v) is 6.24. The van der Waals surface area contributed by atoms with E-state index in [2.05, 4.69) is 15.0 Å². The summed E-state index contributed by atoms with van der Waals surface area (Å²) in [5, 5.41) is 6.26. The Labute approximate surface area is 144 Å². The van der Waals surface area contributed by atoms with Crippen molar-refractivity contribution in [2.24, 2.45) is 0 Å². The van der Waals surface area contributed by atoms with Gasteiger partial charge in [0.2, 0.25) is 5.95 Å². The van der Waals surface area contributed by atoms with E-state index in [1.165, 1.54) is 0 Å². The highest BCUT2D eigenvalue weighted by Gasteiger charge is 2.15. The molecular formula is C18H16ClN5. The normalized spacial score (nSPS) is 11.3. The standard InChI is InChI=1S/C18H16ClN5/c1-12-20-17-15-5-3-4-6-16(15)21-18(24(17)22-12)23(2)11-13-7-9-14(19)10-8-13/h3-10H,11H2,1-2H3. The summed E-state index contributed by atoms with van der Waals surface area (Å²) in [5.41, 5.74) is 2.90. The van der Waals surface area contributed by atoms with Crippen LogP contribution < -0.4 is 4.90 Å². The first-order chi connectivity index (χ1) is 11.6. The average Bonchev–Trinajstić information content (AvgIpc) is 2.97. The predicted octanol–water partition coefficient (Wildman–Crippen LogP) is 3.88. The fraction of sp³-hybridized carbons (Fsp3) is 0.167. The summed E-state index contributed by atoms with van der Waals surface area (Å²) < 4.78 is 1.81. The maximum atomic E-state index is 5.96. The maximum Gasteiger partial charge on any atom is 0.229 e. The Morgan fingerprint density at radius 1 is 1.04 bits per heavy atom. The van der Waals surface area contributed by atoms with Crippen LogP contribution in [0.25, 0.3) is 16.6 Å². The minimum Gasteiger partial charge on any atom is -0.339 e. The van der Waals surface area contributed by atoms with E-state index in [0.29, 0.717) is 6.54 Å². The van der Waals surface area contributed by atoms with Gasteiger partial charge >= 0.3 is 0 Å². The highest BCUT2D eigenvalue weighted by molar-refractivity contribution is 6.30. The number of para-hydroxylation sites is 1. The van der Waals surface area contributed by atoms with Crippen molar-refractivity contribution in [2.45, 2.75) is 13.5 Å². The fourth-order valence-corrected chi connectivity index (χ4v) is 2.95. The van der Waals surface area contributed by atoms with Crippen LogP contribution in [0.2, 0.25) is 5.02 Å². The van der Waals surface area contributed by atoms with Crippen LogP contribution in [0, 0.1) is 6.92 Å². The molecule has 0 N–H and O–H groups in total. The molecule has 4 aromatic rings. The SMILES string of the molecule is Cc1nc2c3ccccc3nc(N(C)Cc3ccc(Cl)cc3)n2n1. The van der Waals surface area contributed by atoms with Gasteiger partial charge in [-0.1, -0.05) is 35.9 Å². The molecule has 5 nitrogen and oxygen atoms in total. The molecule has 0 aliphatic carbocycles. The molecule has 0 radical (unpaired) electrons. The minimum absolute atomic E-state index is 0.705. The van der Waals surface area contributed by atoms with Crippen LogP contribution >= 0.6 is 11.6 Å². The van der Waals surface area contributed by atoms with Crippen LogP contribution in [0.4, 0.5) is 5.95 Å². The molecule has 0 spiro atoms. The molecule has 24 heavy (non-hydrogen) atoms. The molecule has 0 saturated heterocycles. The van der Waals surface area contributed by atoms with Gasteiger partial charge in [0.1, 0.15) is 5.82 Å². The van der Waals surface area contributed by atoms with Gasteiger partial charge in [0.05, 0.1) is 5.52 Å². The van der Waals surface area contributed by atoms with E-state index in [0.717, 1.165) is 38.9 Å². The molecule has 0 unspecified atom stereocenters. The number of aryl methyl sites for hydroxylation is 1. The van der Waals surface area contributed by atoms with Crippen LogP contribution in [-0.2, 0) is 6.54 Å². The highest BCUT2D eigenvalue weighted by Crippen LogP contribution is 2.23. The maximum absolute atomic E-state index is 5.96. The van der Waals surface area contributed by atoms with Crippen molar-refractivity contribution in [3.63, 3.8) is 0 Å². The third kappa shape index (κ3) is 2.57. The van der Waals surface area contributed by atoms with Gasteiger partial charge in [-0.05, 0) is 36.8 Å². The van der Waals surface area contributed by atoms with Crippen LogP contribution in [-0.4, -0.2) is 26.6 Å². The first-order valence-corrected chi connectivity index (χ1v) is 8.07. The van der Waals surface area contributed by atoms with E-state index in [1.54, 1.807) is 0 Å². The van der Waals surface area contributed by atoms with Crippen molar-refractivity contribution in [1.29, 1.82) is 0 Å². The number of hydrogen-bond donors (Lipinski definition) is 0. The molecule has 0 bridgehead atoms. The second-order valence-electron chi connectivity index (χ2n) is 5.81. The Hall–Kier alpha value is -2.66. The summed E-state index contributed by atoms with van der Waals surface area (Å²) in [6.45, 7) is 2.60. The van der Waals surface area contributed by atoms with Crippen LogP contribution in [0.15, 0.2) is 48.5 Å². The molecule has 0 atom stereocenters. The van der Waals surface area contributed by atoms with Crippen LogP contribution in [0.1, 0.15) is 11.4 Å². The first kappa shape index (κ1) is 14.9. The minimum atomic E-state index is 0.705. The van der Waals surface area contributed by atoms with Crippen molar-refractivity contribution in [3.8, 4) is 0 Å². The highest BCUT2D eigenvalue weighted by atomic mass is 35.5. The Bertz CT molecular complexity index is 1020. The summed E-state index contributed by atoms with van der Waals surface area (Å²) in [6, 6.07) is 15.8. The van der Waals surface area contributed by atoms with Crippen molar-refractivity contribution >= 4 is 34.1 Å². The molecule has 0 fully saturated rings. The third-order valence-electron chi connectivity index (χ3n) is 3.94. The molecule has 120 valence electrons. The van der Waals surface area contributed by atoms with Gasteiger partial charge in [-0.2, -0.15) is 4.52 Å². The van der Waals surface area contributed by atoms with Crippen molar-refractivity contribution in [1.82, 2.24) is 19.6 Å². The lowest BCUT2D eigenvalue weighted by molar-refractivity contribution is 0.809. The number of anilines is 1. The van der Waals surface area contributed by atoms with E-state index < -0.39 is 0 Å². The number of hydrogen-bond acceptors (Lipinski definition) is 4. The van der Waals surface area contributed by atoms with E-state index in [9.17, 15) is 0 Å².